The standard InChI is InChI=1S/C20H23N5O3S/c26-19-14-15-4-3-6-17(15)21-25(19)13-10-23-8-11-24(12-9-23)20-16-5-1-2-7-18(16)29(27,28)22-20/h1-2,5,7,14H,3-4,6,8-13H2. The summed E-state index contributed by atoms with van der Waals surface area (Å²) in [7, 11) is -3.59. The molecule has 0 unspecified atom stereocenters. The van der Waals surface area contributed by atoms with Crippen LogP contribution in [-0.4, -0.2) is 66.6 Å². The zero-order chi connectivity index (χ0) is 20.0. The van der Waals surface area contributed by atoms with E-state index in [1.165, 1.54) is 0 Å². The Morgan fingerprint density at radius 2 is 1.79 bits per heavy atom. The zero-order valence-electron chi connectivity index (χ0n) is 16.1. The third-order valence-corrected chi connectivity index (χ3v) is 7.26. The summed E-state index contributed by atoms with van der Waals surface area (Å²) in [6, 6.07) is 8.73. The van der Waals surface area contributed by atoms with Gasteiger partial charge in [0.15, 0.2) is 5.84 Å². The Morgan fingerprint density at radius 1 is 1.00 bits per heavy atom. The first kappa shape index (κ1) is 18.5. The van der Waals surface area contributed by atoms with Crippen LogP contribution in [0.15, 0.2) is 44.4 Å². The van der Waals surface area contributed by atoms with E-state index in [0.717, 1.165) is 50.2 Å². The van der Waals surface area contributed by atoms with Crippen molar-refractivity contribution in [2.75, 3.05) is 32.7 Å². The van der Waals surface area contributed by atoms with Crippen molar-refractivity contribution in [3.8, 4) is 0 Å². The second-order valence-electron chi connectivity index (χ2n) is 7.75. The molecule has 2 aromatic rings. The minimum Gasteiger partial charge on any atom is -0.353 e. The third-order valence-electron chi connectivity index (χ3n) is 5.94. The van der Waals surface area contributed by atoms with Crippen LogP contribution < -0.4 is 5.56 Å². The maximum absolute atomic E-state index is 12.3. The van der Waals surface area contributed by atoms with Gasteiger partial charge in [-0.05, 0) is 37.0 Å². The molecule has 152 valence electrons. The Bertz CT molecular complexity index is 1150. The predicted octanol–water partition coefficient (Wildman–Crippen LogP) is 0.499. The molecule has 1 fully saturated rings. The molecule has 0 saturated carbocycles. The van der Waals surface area contributed by atoms with Crippen molar-refractivity contribution < 1.29 is 8.42 Å². The lowest BCUT2D eigenvalue weighted by molar-refractivity contribution is 0.174. The average molecular weight is 414 g/mol. The van der Waals surface area contributed by atoms with Gasteiger partial charge in [0.05, 0.1) is 12.2 Å². The number of nitrogens with zero attached hydrogens (tertiary/aromatic N) is 5. The molecule has 8 nitrogen and oxygen atoms in total. The molecule has 0 spiro atoms. The number of sulfonamides is 1. The number of rotatable bonds is 3. The van der Waals surface area contributed by atoms with Gasteiger partial charge in [-0.25, -0.2) is 4.68 Å². The van der Waals surface area contributed by atoms with E-state index in [2.05, 4.69) is 14.4 Å². The van der Waals surface area contributed by atoms with E-state index >= 15 is 0 Å². The first-order valence-electron chi connectivity index (χ1n) is 10.0. The van der Waals surface area contributed by atoms with Crippen molar-refractivity contribution in [1.29, 1.82) is 0 Å². The molecule has 3 aliphatic rings. The average Bonchev–Trinajstić information content (AvgIpc) is 3.28. The number of hydrogen-bond acceptors (Lipinski definition) is 6. The molecule has 0 atom stereocenters. The van der Waals surface area contributed by atoms with Crippen LogP contribution in [-0.2, 0) is 29.4 Å². The number of fused-ring (bicyclic) bond motifs is 2. The number of amidine groups is 1. The Balaban J connectivity index is 1.23. The van der Waals surface area contributed by atoms with Gasteiger partial charge in [0.25, 0.3) is 15.6 Å². The molecule has 9 heteroatoms. The van der Waals surface area contributed by atoms with Gasteiger partial charge in [0.2, 0.25) is 0 Å². The summed E-state index contributed by atoms with van der Waals surface area (Å²) < 4.78 is 30.2. The molecule has 3 heterocycles. The van der Waals surface area contributed by atoms with E-state index in [1.807, 2.05) is 17.0 Å². The minimum absolute atomic E-state index is 0.0218. The maximum Gasteiger partial charge on any atom is 0.285 e. The van der Waals surface area contributed by atoms with E-state index in [-0.39, 0.29) is 5.56 Å². The highest BCUT2D eigenvalue weighted by Crippen LogP contribution is 2.27. The van der Waals surface area contributed by atoms with E-state index in [4.69, 9.17) is 0 Å². The van der Waals surface area contributed by atoms with Crippen molar-refractivity contribution in [1.82, 2.24) is 19.6 Å². The summed E-state index contributed by atoms with van der Waals surface area (Å²) in [6.07, 6.45) is 3.00. The monoisotopic (exact) mass is 413 g/mol. The summed E-state index contributed by atoms with van der Waals surface area (Å²) in [5.41, 5.74) is 2.84. The van der Waals surface area contributed by atoms with Gasteiger partial charge in [0, 0.05) is 44.4 Å². The van der Waals surface area contributed by atoms with Crippen molar-refractivity contribution in [2.45, 2.75) is 30.7 Å². The lowest BCUT2D eigenvalue weighted by Crippen LogP contribution is -2.49. The predicted molar refractivity (Wildman–Crippen MR) is 109 cm³/mol. The highest BCUT2D eigenvalue weighted by atomic mass is 32.2. The second kappa shape index (κ2) is 7.07. The van der Waals surface area contributed by atoms with Crippen LogP contribution in [0.3, 0.4) is 0 Å². The van der Waals surface area contributed by atoms with Gasteiger partial charge in [-0.3, -0.25) is 9.69 Å². The Hall–Kier alpha value is -2.52. The maximum atomic E-state index is 12.3. The number of benzene rings is 1. The fourth-order valence-electron chi connectivity index (χ4n) is 4.34. The molecular weight excluding hydrogens is 390 g/mol. The molecule has 1 aromatic heterocycles. The molecule has 0 amide bonds. The summed E-state index contributed by atoms with van der Waals surface area (Å²) in [5.74, 6) is 0.553. The van der Waals surface area contributed by atoms with Crippen molar-refractivity contribution >= 4 is 15.9 Å². The quantitative estimate of drug-likeness (QED) is 0.728. The smallest absolute Gasteiger partial charge is 0.285 e. The van der Waals surface area contributed by atoms with Gasteiger partial charge in [0.1, 0.15) is 4.90 Å². The zero-order valence-corrected chi connectivity index (χ0v) is 16.9. The van der Waals surface area contributed by atoms with Gasteiger partial charge < -0.3 is 4.90 Å². The Kier molecular flexibility index (Phi) is 4.51. The highest BCUT2D eigenvalue weighted by Gasteiger charge is 2.32. The molecule has 0 bridgehead atoms. The molecule has 1 aliphatic carbocycles. The SMILES string of the molecule is O=c1cc2c(nn1CCN1CCN(C3=NS(=O)(=O)c4ccccc43)CC1)CCC2. The van der Waals surface area contributed by atoms with Gasteiger partial charge in [-0.15, -0.1) is 4.40 Å². The highest BCUT2D eigenvalue weighted by molar-refractivity contribution is 7.90. The van der Waals surface area contributed by atoms with Gasteiger partial charge in [-0.1, -0.05) is 12.1 Å². The van der Waals surface area contributed by atoms with E-state index in [1.54, 1.807) is 22.9 Å². The molecule has 1 aromatic carbocycles. The molecule has 0 radical (unpaired) electrons. The summed E-state index contributed by atoms with van der Waals surface area (Å²) in [6.45, 7) is 4.32. The van der Waals surface area contributed by atoms with Crippen LogP contribution in [0.25, 0.3) is 0 Å². The number of piperazine rings is 1. The number of aryl methyl sites for hydroxylation is 2. The van der Waals surface area contributed by atoms with Crippen molar-refractivity contribution in [2.24, 2.45) is 4.40 Å². The van der Waals surface area contributed by atoms with Gasteiger partial charge in [-0.2, -0.15) is 13.5 Å². The molecule has 2 aliphatic heterocycles. The summed E-state index contributed by atoms with van der Waals surface area (Å²) in [5, 5.41) is 4.54. The first-order chi connectivity index (χ1) is 14.0. The third kappa shape index (κ3) is 3.38. The van der Waals surface area contributed by atoms with E-state index in [9.17, 15) is 13.2 Å². The lowest BCUT2D eigenvalue weighted by Gasteiger charge is -2.35. The molecule has 29 heavy (non-hydrogen) atoms. The van der Waals surface area contributed by atoms with Crippen LogP contribution in [0.2, 0.25) is 0 Å². The van der Waals surface area contributed by atoms with Crippen LogP contribution in [0.5, 0.6) is 0 Å². The fraction of sp³-hybridized carbons (Fsp3) is 0.450. The number of aromatic nitrogens is 2. The Morgan fingerprint density at radius 3 is 2.62 bits per heavy atom. The first-order valence-corrected chi connectivity index (χ1v) is 11.5. The summed E-state index contributed by atoms with van der Waals surface area (Å²) in [4.78, 5) is 16.9. The van der Waals surface area contributed by atoms with Crippen LogP contribution in [0.4, 0.5) is 0 Å². The van der Waals surface area contributed by atoms with Crippen LogP contribution in [0, 0.1) is 0 Å². The van der Waals surface area contributed by atoms with Crippen molar-refractivity contribution in [3.05, 3.63) is 57.5 Å². The van der Waals surface area contributed by atoms with Crippen LogP contribution >= 0.6 is 0 Å². The fourth-order valence-corrected chi connectivity index (χ4v) is 5.56. The molecule has 1 saturated heterocycles. The number of hydrogen-bond donors (Lipinski definition) is 0. The van der Waals surface area contributed by atoms with E-state index < -0.39 is 10.0 Å². The van der Waals surface area contributed by atoms with Crippen LogP contribution in [0.1, 0.15) is 23.2 Å². The van der Waals surface area contributed by atoms with Gasteiger partial charge >= 0.3 is 0 Å². The molecule has 5 rings (SSSR count). The second-order valence-corrected chi connectivity index (χ2v) is 9.32. The lowest BCUT2D eigenvalue weighted by atomic mass is 10.1. The largest absolute Gasteiger partial charge is 0.353 e. The molecular formula is C20H23N5O3S. The molecule has 0 N–H and O–H groups in total. The summed E-state index contributed by atoms with van der Waals surface area (Å²) >= 11 is 0. The Labute approximate surface area is 169 Å². The van der Waals surface area contributed by atoms with E-state index in [0.29, 0.717) is 35.9 Å². The minimum atomic E-state index is -3.59. The van der Waals surface area contributed by atoms with Crippen molar-refractivity contribution in [3.63, 3.8) is 0 Å². The normalized spacial score (nSPS) is 20.4. The topological polar surface area (TPSA) is 87.9 Å².